The molecule has 9 heavy (non-hydrogen) atoms. The fourth-order valence-corrected chi connectivity index (χ4v) is 0.850. The van der Waals surface area contributed by atoms with E-state index in [1.807, 2.05) is 0 Å². The van der Waals surface area contributed by atoms with Crippen LogP contribution in [0.4, 0.5) is 0 Å². The third-order valence-electron chi connectivity index (χ3n) is 1.40. The largest absolute Gasteiger partial charge is 0.265 e. The van der Waals surface area contributed by atoms with Gasteiger partial charge in [0.05, 0.1) is 0 Å². The van der Waals surface area contributed by atoms with Crippen LogP contribution in [-0.4, -0.2) is 18.6 Å². The van der Waals surface area contributed by atoms with Crippen molar-refractivity contribution in [3.8, 4) is 0 Å². The van der Waals surface area contributed by atoms with E-state index in [9.17, 15) is 0 Å². The van der Waals surface area contributed by atoms with Gasteiger partial charge in [-0.05, 0) is 12.8 Å². The minimum absolute atomic E-state index is 0.255. The lowest BCUT2D eigenvalue weighted by molar-refractivity contribution is 0.609. The molecule has 1 rings (SSSR count). The Hall–Kier alpha value is -0.660. The lowest BCUT2D eigenvalue weighted by atomic mass is 10.2. The molecule has 0 aromatic carbocycles. The summed E-state index contributed by atoms with van der Waals surface area (Å²) in [5.41, 5.74) is 0. The molecule has 0 aromatic heterocycles. The van der Waals surface area contributed by atoms with Crippen molar-refractivity contribution in [3.63, 3.8) is 0 Å². The van der Waals surface area contributed by atoms with Gasteiger partial charge in [-0.25, -0.2) is 0 Å². The minimum atomic E-state index is 0.255. The molecule has 0 fully saturated rings. The fraction of sp³-hybridized carbons (Fsp3) is 0.714. The molecule has 0 saturated heterocycles. The summed E-state index contributed by atoms with van der Waals surface area (Å²) < 4.78 is 0. The first-order chi connectivity index (χ1) is 4.43. The van der Waals surface area contributed by atoms with E-state index in [1.165, 1.54) is 12.8 Å². The number of hydrogen-bond donors (Lipinski definition) is 0. The zero-order valence-electron chi connectivity index (χ0n) is 5.75. The van der Waals surface area contributed by atoms with Crippen LogP contribution in [0.3, 0.4) is 0 Å². The molecule has 50 valence electrons. The smallest absolute Gasteiger partial charge is 0.139 e. The normalized spacial score (nSPS) is 17.4. The lowest BCUT2D eigenvalue weighted by Gasteiger charge is -1.99. The van der Waals surface area contributed by atoms with Gasteiger partial charge in [0.25, 0.3) is 0 Å². The zero-order valence-corrected chi connectivity index (χ0v) is 5.75. The van der Waals surface area contributed by atoms with Gasteiger partial charge >= 0.3 is 0 Å². The van der Waals surface area contributed by atoms with Gasteiger partial charge in [0.2, 0.25) is 0 Å². The Labute approximate surface area is 55.7 Å². The molecule has 0 saturated carbocycles. The van der Waals surface area contributed by atoms with Crippen molar-refractivity contribution in [1.29, 1.82) is 0 Å². The standard InChI is InChI=1S/C7H12N2/c1-2-3-4-7-8-5-6-9-7/h5-7H,2-4H2,1H3. The number of hydrogen-bond acceptors (Lipinski definition) is 2. The maximum atomic E-state index is 4.13. The van der Waals surface area contributed by atoms with E-state index in [0.29, 0.717) is 0 Å². The molecule has 1 aliphatic heterocycles. The van der Waals surface area contributed by atoms with Crippen LogP contribution in [0.2, 0.25) is 0 Å². The average molecular weight is 124 g/mol. The molecule has 0 N–H and O–H groups in total. The summed E-state index contributed by atoms with van der Waals surface area (Å²) in [6, 6.07) is 0. The predicted octanol–water partition coefficient (Wildman–Crippen LogP) is 1.66. The van der Waals surface area contributed by atoms with Crippen molar-refractivity contribution in [2.75, 3.05) is 0 Å². The van der Waals surface area contributed by atoms with Crippen molar-refractivity contribution >= 4 is 12.4 Å². The highest BCUT2D eigenvalue weighted by Gasteiger charge is 2.02. The van der Waals surface area contributed by atoms with E-state index < -0.39 is 0 Å². The van der Waals surface area contributed by atoms with Crippen molar-refractivity contribution in [3.05, 3.63) is 0 Å². The number of aliphatic imine (C=N–C) groups is 2. The second kappa shape index (κ2) is 3.38. The van der Waals surface area contributed by atoms with Crippen molar-refractivity contribution in [2.45, 2.75) is 32.4 Å². The average Bonchev–Trinajstić information content (AvgIpc) is 2.34. The van der Waals surface area contributed by atoms with Crippen LogP contribution in [0, 0.1) is 0 Å². The van der Waals surface area contributed by atoms with Gasteiger partial charge < -0.3 is 0 Å². The first-order valence-corrected chi connectivity index (χ1v) is 3.48. The van der Waals surface area contributed by atoms with Crippen LogP contribution in [0.5, 0.6) is 0 Å². The summed E-state index contributed by atoms with van der Waals surface area (Å²) in [4.78, 5) is 8.25. The number of unbranched alkanes of at least 4 members (excludes halogenated alkanes) is 1. The third-order valence-corrected chi connectivity index (χ3v) is 1.40. The SMILES string of the molecule is CCCCC1N=CC=N1. The van der Waals surface area contributed by atoms with Crippen LogP contribution in [0.1, 0.15) is 26.2 Å². The van der Waals surface area contributed by atoms with E-state index in [4.69, 9.17) is 0 Å². The quantitative estimate of drug-likeness (QED) is 0.546. The molecule has 0 aromatic rings. The predicted molar refractivity (Wildman–Crippen MR) is 40.3 cm³/mol. The Morgan fingerprint density at radius 2 is 2.00 bits per heavy atom. The summed E-state index contributed by atoms with van der Waals surface area (Å²) in [5.74, 6) is 0. The second-order valence-corrected chi connectivity index (χ2v) is 2.22. The van der Waals surface area contributed by atoms with E-state index in [-0.39, 0.29) is 6.17 Å². The summed E-state index contributed by atoms with van der Waals surface area (Å²) in [5, 5.41) is 0. The van der Waals surface area contributed by atoms with E-state index in [2.05, 4.69) is 16.9 Å². The van der Waals surface area contributed by atoms with E-state index in [1.54, 1.807) is 12.4 Å². The Morgan fingerprint density at radius 1 is 1.33 bits per heavy atom. The summed E-state index contributed by atoms with van der Waals surface area (Å²) in [6.45, 7) is 2.18. The van der Waals surface area contributed by atoms with Crippen molar-refractivity contribution in [2.24, 2.45) is 9.98 Å². The molecule has 0 bridgehead atoms. The molecule has 0 atom stereocenters. The van der Waals surface area contributed by atoms with Gasteiger partial charge in [-0.2, -0.15) is 0 Å². The van der Waals surface area contributed by atoms with Gasteiger partial charge in [0, 0.05) is 12.4 Å². The second-order valence-electron chi connectivity index (χ2n) is 2.22. The Balaban J connectivity index is 2.13. The molecule has 2 nitrogen and oxygen atoms in total. The zero-order chi connectivity index (χ0) is 6.53. The highest BCUT2D eigenvalue weighted by molar-refractivity contribution is 6.17. The number of nitrogens with zero attached hydrogens (tertiary/aromatic N) is 2. The van der Waals surface area contributed by atoms with Crippen LogP contribution in [-0.2, 0) is 0 Å². The van der Waals surface area contributed by atoms with Gasteiger partial charge in [-0.15, -0.1) is 0 Å². The molecular formula is C7H12N2. The van der Waals surface area contributed by atoms with Crippen molar-refractivity contribution in [1.82, 2.24) is 0 Å². The van der Waals surface area contributed by atoms with Gasteiger partial charge in [0.15, 0.2) is 0 Å². The molecule has 1 aliphatic rings. The van der Waals surface area contributed by atoms with Gasteiger partial charge in [0.1, 0.15) is 6.17 Å². The monoisotopic (exact) mass is 124 g/mol. The molecule has 2 heteroatoms. The highest BCUT2D eigenvalue weighted by Crippen LogP contribution is 2.06. The molecule has 0 spiro atoms. The van der Waals surface area contributed by atoms with E-state index >= 15 is 0 Å². The topological polar surface area (TPSA) is 24.7 Å². The van der Waals surface area contributed by atoms with Crippen LogP contribution < -0.4 is 0 Å². The fourth-order valence-electron chi connectivity index (χ4n) is 0.850. The first-order valence-electron chi connectivity index (χ1n) is 3.48. The summed E-state index contributed by atoms with van der Waals surface area (Å²) in [6.07, 6.45) is 7.40. The molecule has 0 aliphatic carbocycles. The van der Waals surface area contributed by atoms with Crippen LogP contribution >= 0.6 is 0 Å². The molecular weight excluding hydrogens is 112 g/mol. The van der Waals surface area contributed by atoms with Crippen molar-refractivity contribution < 1.29 is 0 Å². The highest BCUT2D eigenvalue weighted by atomic mass is 15.0. The van der Waals surface area contributed by atoms with Crippen LogP contribution in [0.25, 0.3) is 0 Å². The van der Waals surface area contributed by atoms with Crippen LogP contribution in [0.15, 0.2) is 9.98 Å². The minimum Gasteiger partial charge on any atom is -0.265 e. The lowest BCUT2D eigenvalue weighted by Crippen LogP contribution is -1.94. The Bertz CT molecular complexity index is 115. The summed E-state index contributed by atoms with van der Waals surface area (Å²) in [7, 11) is 0. The Kier molecular flexibility index (Phi) is 2.43. The maximum Gasteiger partial charge on any atom is 0.139 e. The first kappa shape index (κ1) is 6.46. The molecule has 1 heterocycles. The molecule has 0 amide bonds. The third kappa shape index (κ3) is 1.96. The van der Waals surface area contributed by atoms with Gasteiger partial charge in [-0.1, -0.05) is 13.3 Å². The van der Waals surface area contributed by atoms with E-state index in [0.717, 1.165) is 6.42 Å². The maximum absolute atomic E-state index is 4.13. The molecule has 0 radical (unpaired) electrons. The number of rotatable bonds is 3. The summed E-state index contributed by atoms with van der Waals surface area (Å²) >= 11 is 0. The molecule has 0 unspecified atom stereocenters. The van der Waals surface area contributed by atoms with Gasteiger partial charge in [-0.3, -0.25) is 9.98 Å². The Morgan fingerprint density at radius 3 is 2.56 bits per heavy atom.